The predicted molar refractivity (Wildman–Crippen MR) is 48.5 cm³/mol. The van der Waals surface area contributed by atoms with Gasteiger partial charge >= 0.3 is 0 Å². The van der Waals surface area contributed by atoms with E-state index in [0.717, 1.165) is 19.4 Å². The average molecular weight is 185 g/mol. The first kappa shape index (κ1) is 9.98. The summed E-state index contributed by atoms with van der Waals surface area (Å²) in [6.07, 6.45) is 2.19. The molecule has 1 heterocycles. The fourth-order valence-corrected chi connectivity index (χ4v) is 1.27. The van der Waals surface area contributed by atoms with E-state index in [-0.39, 0.29) is 24.3 Å². The first-order valence-electron chi connectivity index (χ1n) is 4.39. The van der Waals surface area contributed by atoms with Crippen molar-refractivity contribution in [2.75, 3.05) is 13.2 Å². The van der Waals surface area contributed by atoms with Crippen LogP contribution < -0.4 is 11.1 Å². The molecule has 0 unspecified atom stereocenters. The largest absolute Gasteiger partial charge is 0.387 e. The molecule has 0 radical (unpaired) electrons. The monoisotopic (exact) mass is 185 g/mol. The lowest BCUT2D eigenvalue weighted by atomic mass is 10.2. The first-order chi connectivity index (χ1) is 6.18. The minimum atomic E-state index is -0.206. The van der Waals surface area contributed by atoms with E-state index in [4.69, 9.17) is 15.9 Å². The van der Waals surface area contributed by atoms with Crippen molar-refractivity contribution >= 4 is 11.7 Å². The smallest absolute Gasteiger partial charge is 0.227 e. The molecule has 74 valence electrons. The maximum Gasteiger partial charge on any atom is 0.227 e. The predicted octanol–water partition coefficient (Wildman–Crippen LogP) is -0.392. The molecule has 0 spiro atoms. The van der Waals surface area contributed by atoms with Crippen LogP contribution in [0.5, 0.6) is 0 Å². The lowest BCUT2D eigenvalue weighted by molar-refractivity contribution is -0.120. The Hall–Kier alpha value is -1.10. The molecule has 0 bridgehead atoms. The molecule has 0 aromatic carbocycles. The number of carbonyl (C=O) groups excluding carboxylic acids is 1. The van der Waals surface area contributed by atoms with Crippen LogP contribution in [0.25, 0.3) is 0 Å². The summed E-state index contributed by atoms with van der Waals surface area (Å²) in [6, 6.07) is 0. The van der Waals surface area contributed by atoms with Crippen molar-refractivity contribution in [3.05, 3.63) is 0 Å². The van der Waals surface area contributed by atoms with Gasteiger partial charge in [0, 0.05) is 13.2 Å². The molecule has 1 fully saturated rings. The van der Waals surface area contributed by atoms with Crippen LogP contribution >= 0.6 is 0 Å². The van der Waals surface area contributed by atoms with Gasteiger partial charge in [0.2, 0.25) is 5.91 Å². The SMILES string of the molecule is N=C(N)CC(=O)NC[C@H]1CCCO1. The van der Waals surface area contributed by atoms with Gasteiger partial charge in [0.05, 0.1) is 18.4 Å². The van der Waals surface area contributed by atoms with Gasteiger partial charge in [0.15, 0.2) is 0 Å². The molecule has 0 aliphatic carbocycles. The Morgan fingerprint density at radius 3 is 3.00 bits per heavy atom. The summed E-state index contributed by atoms with van der Waals surface area (Å²) in [5, 5.41) is 9.57. The standard InChI is InChI=1S/C8H15N3O2/c9-7(10)4-8(12)11-5-6-2-1-3-13-6/h6H,1-5H2,(H3,9,10)(H,11,12)/t6-/m1/s1. The van der Waals surface area contributed by atoms with Crippen molar-refractivity contribution in [1.29, 1.82) is 5.41 Å². The molecular formula is C8H15N3O2. The number of hydrogen-bond donors (Lipinski definition) is 3. The second-order valence-corrected chi connectivity index (χ2v) is 3.14. The van der Waals surface area contributed by atoms with Gasteiger partial charge in [-0.3, -0.25) is 10.2 Å². The number of carbonyl (C=O) groups is 1. The van der Waals surface area contributed by atoms with Gasteiger partial charge < -0.3 is 15.8 Å². The number of rotatable bonds is 4. The van der Waals surface area contributed by atoms with Crippen LogP contribution in [0.4, 0.5) is 0 Å². The zero-order chi connectivity index (χ0) is 9.68. The van der Waals surface area contributed by atoms with Crippen LogP contribution in [-0.4, -0.2) is 31.0 Å². The molecule has 0 aromatic heterocycles. The minimum absolute atomic E-state index is 0.0211. The van der Waals surface area contributed by atoms with Crippen molar-refractivity contribution < 1.29 is 9.53 Å². The highest BCUT2D eigenvalue weighted by Gasteiger charge is 2.15. The Labute approximate surface area is 77.1 Å². The highest BCUT2D eigenvalue weighted by molar-refractivity contribution is 5.97. The van der Waals surface area contributed by atoms with Gasteiger partial charge in [-0.1, -0.05) is 0 Å². The van der Waals surface area contributed by atoms with Gasteiger partial charge in [-0.2, -0.15) is 0 Å². The van der Waals surface area contributed by atoms with Gasteiger partial charge in [-0.05, 0) is 12.8 Å². The molecule has 1 rings (SSSR count). The second kappa shape index (κ2) is 4.81. The third kappa shape index (κ3) is 3.89. The molecule has 5 heteroatoms. The van der Waals surface area contributed by atoms with E-state index in [1.54, 1.807) is 0 Å². The van der Waals surface area contributed by atoms with E-state index in [2.05, 4.69) is 5.32 Å². The third-order valence-corrected chi connectivity index (χ3v) is 1.90. The van der Waals surface area contributed by atoms with Crippen LogP contribution in [0.15, 0.2) is 0 Å². The summed E-state index contributed by atoms with van der Waals surface area (Å²) in [5.74, 6) is -0.312. The van der Waals surface area contributed by atoms with E-state index in [1.807, 2.05) is 0 Å². The summed E-state index contributed by atoms with van der Waals surface area (Å²) in [6.45, 7) is 1.32. The zero-order valence-corrected chi connectivity index (χ0v) is 7.51. The van der Waals surface area contributed by atoms with E-state index in [1.165, 1.54) is 0 Å². The van der Waals surface area contributed by atoms with Crippen molar-refractivity contribution in [1.82, 2.24) is 5.32 Å². The highest BCUT2D eigenvalue weighted by atomic mass is 16.5. The van der Waals surface area contributed by atoms with Gasteiger partial charge in [-0.25, -0.2) is 0 Å². The maximum absolute atomic E-state index is 11.0. The molecule has 1 aliphatic heterocycles. The normalized spacial score (nSPS) is 21.4. The zero-order valence-electron chi connectivity index (χ0n) is 7.51. The molecule has 0 aromatic rings. The topological polar surface area (TPSA) is 88.2 Å². The fourth-order valence-electron chi connectivity index (χ4n) is 1.27. The molecular weight excluding hydrogens is 170 g/mol. The van der Waals surface area contributed by atoms with Gasteiger partial charge in [-0.15, -0.1) is 0 Å². The van der Waals surface area contributed by atoms with Crippen LogP contribution in [-0.2, 0) is 9.53 Å². The Kier molecular flexibility index (Phi) is 3.70. The van der Waals surface area contributed by atoms with E-state index >= 15 is 0 Å². The molecule has 5 nitrogen and oxygen atoms in total. The van der Waals surface area contributed by atoms with Gasteiger partial charge in [0.1, 0.15) is 0 Å². The quantitative estimate of drug-likeness (QED) is 0.411. The lowest BCUT2D eigenvalue weighted by Gasteiger charge is -2.09. The molecule has 4 N–H and O–H groups in total. The van der Waals surface area contributed by atoms with Crippen molar-refractivity contribution in [3.63, 3.8) is 0 Å². The first-order valence-corrected chi connectivity index (χ1v) is 4.39. The van der Waals surface area contributed by atoms with Crippen molar-refractivity contribution in [3.8, 4) is 0 Å². The number of nitrogens with one attached hydrogen (secondary N) is 2. The number of amides is 1. The highest BCUT2D eigenvalue weighted by Crippen LogP contribution is 2.10. The maximum atomic E-state index is 11.0. The third-order valence-electron chi connectivity index (χ3n) is 1.90. The van der Waals surface area contributed by atoms with E-state index in [0.29, 0.717) is 6.54 Å². The van der Waals surface area contributed by atoms with Crippen molar-refractivity contribution in [2.45, 2.75) is 25.4 Å². The van der Waals surface area contributed by atoms with E-state index < -0.39 is 0 Å². The number of nitrogens with two attached hydrogens (primary N) is 1. The molecule has 1 saturated heterocycles. The van der Waals surface area contributed by atoms with Crippen LogP contribution in [0, 0.1) is 5.41 Å². The average Bonchev–Trinajstić information content (AvgIpc) is 2.51. The second-order valence-electron chi connectivity index (χ2n) is 3.14. The molecule has 1 aliphatic rings. The van der Waals surface area contributed by atoms with Crippen LogP contribution in [0.1, 0.15) is 19.3 Å². The van der Waals surface area contributed by atoms with Crippen molar-refractivity contribution in [2.24, 2.45) is 5.73 Å². The molecule has 0 saturated carbocycles. The fraction of sp³-hybridized carbons (Fsp3) is 0.750. The minimum Gasteiger partial charge on any atom is -0.387 e. The molecule has 1 amide bonds. The van der Waals surface area contributed by atoms with Crippen LogP contribution in [0.2, 0.25) is 0 Å². The number of ether oxygens (including phenoxy) is 1. The van der Waals surface area contributed by atoms with Crippen LogP contribution in [0.3, 0.4) is 0 Å². The van der Waals surface area contributed by atoms with E-state index in [9.17, 15) is 4.79 Å². The summed E-state index contributed by atoms with van der Waals surface area (Å²) in [7, 11) is 0. The summed E-state index contributed by atoms with van der Waals surface area (Å²) in [4.78, 5) is 11.0. The summed E-state index contributed by atoms with van der Waals surface area (Å²) < 4.78 is 5.31. The number of amidine groups is 1. The molecule has 13 heavy (non-hydrogen) atoms. The Morgan fingerprint density at radius 1 is 1.69 bits per heavy atom. The Bertz CT molecular complexity index is 200. The van der Waals surface area contributed by atoms with Gasteiger partial charge in [0.25, 0.3) is 0 Å². The lowest BCUT2D eigenvalue weighted by Crippen LogP contribution is -2.34. The summed E-state index contributed by atoms with van der Waals surface area (Å²) in [5.41, 5.74) is 5.07. The number of hydrogen-bond acceptors (Lipinski definition) is 3. The Morgan fingerprint density at radius 2 is 2.46 bits per heavy atom. The summed E-state index contributed by atoms with van der Waals surface area (Å²) >= 11 is 0. The Balaban J connectivity index is 2.10. The molecule has 1 atom stereocenters.